The van der Waals surface area contributed by atoms with Gasteiger partial charge in [0.05, 0.1) is 10.6 Å². The molecule has 5 nitrogen and oxygen atoms in total. The molecule has 0 saturated heterocycles. The van der Waals surface area contributed by atoms with Crippen LogP contribution in [-0.2, 0) is 17.7 Å². The summed E-state index contributed by atoms with van der Waals surface area (Å²) in [6, 6.07) is 24.5. The number of amides is 1. The van der Waals surface area contributed by atoms with Crippen molar-refractivity contribution < 1.29 is 14.3 Å². The molecule has 1 amide bonds. The van der Waals surface area contributed by atoms with Gasteiger partial charge < -0.3 is 14.4 Å². The van der Waals surface area contributed by atoms with Gasteiger partial charge in [-0.05, 0) is 62.6 Å². The predicted octanol–water partition coefficient (Wildman–Crippen LogP) is 6.98. The molecule has 0 radical (unpaired) electrons. The number of rotatable bonds is 7. The third-order valence-electron chi connectivity index (χ3n) is 4.76. The highest BCUT2D eigenvalue weighted by Gasteiger charge is 2.22. The van der Waals surface area contributed by atoms with Crippen molar-refractivity contribution in [1.82, 2.24) is 4.90 Å². The summed E-state index contributed by atoms with van der Waals surface area (Å²) in [5, 5.41) is 9.34. The van der Waals surface area contributed by atoms with E-state index in [4.69, 9.17) is 26.3 Å². The number of nitriles is 1. The van der Waals surface area contributed by atoms with Crippen molar-refractivity contribution in [2.24, 2.45) is 0 Å². The van der Waals surface area contributed by atoms with Crippen LogP contribution in [0.3, 0.4) is 0 Å². The Balaban J connectivity index is 1.64. The van der Waals surface area contributed by atoms with Crippen LogP contribution in [-0.4, -0.2) is 23.1 Å². The fraction of sp³-hybridized carbons (Fsp3) is 0.259. The molecule has 3 rings (SSSR count). The van der Waals surface area contributed by atoms with Crippen LogP contribution in [0.1, 0.15) is 37.5 Å². The predicted molar refractivity (Wildman–Crippen MR) is 129 cm³/mol. The Morgan fingerprint density at radius 1 is 0.970 bits per heavy atom. The van der Waals surface area contributed by atoms with Crippen molar-refractivity contribution in [1.29, 1.82) is 5.26 Å². The lowest BCUT2D eigenvalue weighted by Gasteiger charge is -2.27. The molecule has 0 fully saturated rings. The van der Waals surface area contributed by atoms with Crippen LogP contribution in [0.15, 0.2) is 72.8 Å². The third kappa shape index (κ3) is 7.55. The van der Waals surface area contributed by atoms with Gasteiger partial charge in [-0.25, -0.2) is 4.79 Å². The van der Waals surface area contributed by atoms with Crippen LogP contribution >= 0.6 is 11.6 Å². The zero-order valence-corrected chi connectivity index (χ0v) is 19.8. The van der Waals surface area contributed by atoms with E-state index in [1.807, 2.05) is 81.4 Å². The van der Waals surface area contributed by atoms with Crippen molar-refractivity contribution in [2.75, 3.05) is 6.54 Å². The van der Waals surface area contributed by atoms with E-state index in [-0.39, 0.29) is 6.09 Å². The largest absolute Gasteiger partial charge is 0.457 e. The van der Waals surface area contributed by atoms with Crippen molar-refractivity contribution in [3.05, 3.63) is 94.5 Å². The maximum atomic E-state index is 12.8. The van der Waals surface area contributed by atoms with Gasteiger partial charge in [0, 0.05) is 19.2 Å². The Bertz CT molecular complexity index is 1120. The maximum Gasteiger partial charge on any atom is 0.410 e. The summed E-state index contributed by atoms with van der Waals surface area (Å²) in [7, 11) is 0. The van der Waals surface area contributed by atoms with E-state index in [0.29, 0.717) is 41.6 Å². The number of halogens is 1. The molecule has 6 heteroatoms. The topological polar surface area (TPSA) is 62.6 Å². The molecule has 0 aliphatic rings. The third-order valence-corrected chi connectivity index (χ3v) is 5.07. The van der Waals surface area contributed by atoms with Gasteiger partial charge in [-0.1, -0.05) is 54.1 Å². The summed E-state index contributed by atoms with van der Waals surface area (Å²) in [6.07, 6.45) is 0.346. The minimum atomic E-state index is -0.556. The number of hydrogen-bond donors (Lipinski definition) is 0. The molecule has 0 heterocycles. The molecule has 170 valence electrons. The summed E-state index contributed by atoms with van der Waals surface area (Å²) in [5.74, 6) is 1.22. The number of nitrogens with zero attached hydrogens (tertiary/aromatic N) is 2. The Kier molecular flexibility index (Phi) is 7.97. The molecular weight excluding hydrogens is 436 g/mol. The van der Waals surface area contributed by atoms with Crippen molar-refractivity contribution in [3.8, 4) is 17.6 Å². The lowest BCUT2D eigenvalue weighted by atomic mass is 10.1. The van der Waals surface area contributed by atoms with Crippen LogP contribution in [0.5, 0.6) is 11.5 Å². The smallest absolute Gasteiger partial charge is 0.410 e. The second kappa shape index (κ2) is 10.9. The monoisotopic (exact) mass is 462 g/mol. The summed E-state index contributed by atoms with van der Waals surface area (Å²) in [5.41, 5.74) is 1.97. The van der Waals surface area contributed by atoms with Crippen LogP contribution in [0.25, 0.3) is 0 Å². The average Bonchev–Trinajstić information content (AvgIpc) is 2.77. The second-order valence-corrected chi connectivity index (χ2v) is 9.04. The van der Waals surface area contributed by atoms with E-state index in [2.05, 4.69) is 0 Å². The zero-order chi connectivity index (χ0) is 23.8. The van der Waals surface area contributed by atoms with Crippen LogP contribution in [0, 0.1) is 11.3 Å². The molecule has 0 aromatic heterocycles. The van der Waals surface area contributed by atoms with Gasteiger partial charge in [-0.15, -0.1) is 0 Å². The van der Waals surface area contributed by atoms with E-state index in [9.17, 15) is 4.79 Å². The van der Waals surface area contributed by atoms with Gasteiger partial charge in [0.2, 0.25) is 0 Å². The second-order valence-electron chi connectivity index (χ2n) is 8.64. The molecule has 0 aliphatic carbocycles. The molecular formula is C27H27ClN2O3. The summed E-state index contributed by atoms with van der Waals surface area (Å²) >= 11 is 6.07. The van der Waals surface area contributed by atoms with Crippen LogP contribution in [0.2, 0.25) is 5.02 Å². The van der Waals surface area contributed by atoms with E-state index in [0.717, 1.165) is 11.1 Å². The van der Waals surface area contributed by atoms with Gasteiger partial charge in [0.25, 0.3) is 0 Å². The molecule has 0 unspecified atom stereocenters. The first-order chi connectivity index (χ1) is 15.7. The lowest BCUT2D eigenvalue weighted by Crippen LogP contribution is -2.37. The highest BCUT2D eigenvalue weighted by molar-refractivity contribution is 6.31. The highest BCUT2D eigenvalue weighted by Crippen LogP contribution is 2.27. The van der Waals surface area contributed by atoms with E-state index >= 15 is 0 Å². The highest BCUT2D eigenvalue weighted by atomic mass is 35.5. The Labute approximate surface area is 200 Å². The van der Waals surface area contributed by atoms with E-state index in [1.165, 1.54) is 0 Å². The van der Waals surface area contributed by atoms with Gasteiger partial charge in [0.1, 0.15) is 23.2 Å². The summed E-state index contributed by atoms with van der Waals surface area (Å²) in [6.45, 7) is 6.60. The summed E-state index contributed by atoms with van der Waals surface area (Å²) < 4.78 is 11.4. The normalized spacial score (nSPS) is 10.9. The first kappa shape index (κ1) is 24.2. The van der Waals surface area contributed by atoms with E-state index < -0.39 is 5.60 Å². The van der Waals surface area contributed by atoms with Gasteiger partial charge >= 0.3 is 6.09 Å². The Morgan fingerprint density at radius 3 is 2.24 bits per heavy atom. The quantitative estimate of drug-likeness (QED) is 0.379. The first-order valence-corrected chi connectivity index (χ1v) is 11.1. The number of carbonyl (C=O) groups is 1. The average molecular weight is 463 g/mol. The fourth-order valence-corrected chi connectivity index (χ4v) is 3.35. The standard InChI is InChI=1S/C27H27ClN2O3/c1-27(2,3)33-26(31)30(19-21-7-5-4-6-8-21)16-15-20-9-12-23(13-10-20)32-24-14-11-22(18-29)25(28)17-24/h4-14,17H,15-16,19H2,1-3H3. The SMILES string of the molecule is CC(C)(C)OC(=O)N(CCc1ccc(Oc2ccc(C#N)c(Cl)c2)cc1)Cc1ccccc1. The Morgan fingerprint density at radius 2 is 1.64 bits per heavy atom. The first-order valence-electron chi connectivity index (χ1n) is 10.7. The van der Waals surface area contributed by atoms with Gasteiger partial charge in [0.15, 0.2) is 0 Å². The van der Waals surface area contributed by atoms with Gasteiger partial charge in [-0.2, -0.15) is 5.26 Å². The molecule has 33 heavy (non-hydrogen) atoms. The zero-order valence-electron chi connectivity index (χ0n) is 19.0. The maximum absolute atomic E-state index is 12.8. The fourth-order valence-electron chi connectivity index (χ4n) is 3.14. The number of hydrogen-bond acceptors (Lipinski definition) is 4. The minimum absolute atomic E-state index is 0.330. The molecule has 0 N–H and O–H groups in total. The van der Waals surface area contributed by atoms with Crippen molar-refractivity contribution in [2.45, 2.75) is 39.3 Å². The molecule has 3 aromatic rings. The van der Waals surface area contributed by atoms with Crippen molar-refractivity contribution in [3.63, 3.8) is 0 Å². The molecule has 0 bridgehead atoms. The molecule has 0 aliphatic heterocycles. The minimum Gasteiger partial charge on any atom is -0.457 e. The number of carbonyl (C=O) groups excluding carboxylic acids is 1. The molecule has 0 saturated carbocycles. The van der Waals surface area contributed by atoms with Gasteiger partial charge in [-0.3, -0.25) is 0 Å². The number of benzene rings is 3. The summed E-state index contributed by atoms with van der Waals surface area (Å²) in [4.78, 5) is 14.5. The molecule has 0 spiro atoms. The molecule has 3 aromatic carbocycles. The van der Waals surface area contributed by atoms with Crippen molar-refractivity contribution >= 4 is 17.7 Å². The molecule has 0 atom stereocenters. The Hall–Kier alpha value is -3.49. The van der Waals surface area contributed by atoms with Crippen LogP contribution in [0.4, 0.5) is 4.79 Å². The number of ether oxygens (including phenoxy) is 2. The van der Waals surface area contributed by atoms with Crippen LogP contribution < -0.4 is 4.74 Å². The lowest BCUT2D eigenvalue weighted by molar-refractivity contribution is 0.0236. The van der Waals surface area contributed by atoms with E-state index in [1.54, 1.807) is 23.1 Å².